The molecule has 1 saturated carbocycles. The zero-order valence-electron chi connectivity index (χ0n) is 14.0. The monoisotopic (exact) mass is 312 g/mol. The van der Waals surface area contributed by atoms with Crippen molar-refractivity contribution in [3.8, 4) is 12.8 Å². The molecule has 1 heterocycles. The van der Waals surface area contributed by atoms with Crippen LogP contribution in [0, 0.1) is 18.8 Å². The molecule has 1 saturated heterocycles. The Hall–Kier alpha value is -2.05. The predicted octanol–water partition coefficient (Wildman–Crippen LogP) is 3.36. The molecule has 2 aliphatic rings. The molecule has 0 aromatic heterocycles. The molecule has 3 heteroatoms. The van der Waals surface area contributed by atoms with Gasteiger partial charge in [-0.2, -0.15) is 0 Å². The Balaban J connectivity index is 0.000000228. The third-order valence-corrected chi connectivity index (χ3v) is 3.95. The lowest BCUT2D eigenvalue weighted by atomic mass is 10.0. The topological polar surface area (TPSA) is 55.1 Å². The Kier molecular flexibility index (Phi) is 8.79. The fourth-order valence-corrected chi connectivity index (χ4v) is 2.54. The predicted molar refractivity (Wildman–Crippen MR) is 97.5 cm³/mol. The third-order valence-electron chi connectivity index (χ3n) is 3.95. The van der Waals surface area contributed by atoms with Crippen LogP contribution in [0.15, 0.2) is 35.9 Å². The molecule has 0 radical (unpaired) electrons. The van der Waals surface area contributed by atoms with Crippen molar-refractivity contribution in [3.05, 3.63) is 41.5 Å². The maximum atomic E-state index is 10.5. The van der Waals surface area contributed by atoms with Gasteiger partial charge in [-0.3, -0.25) is 4.79 Å². The number of nitrogens with two attached hydrogens (primary N) is 1. The van der Waals surface area contributed by atoms with Gasteiger partial charge < -0.3 is 11.1 Å². The molecule has 1 aromatic carbocycles. The summed E-state index contributed by atoms with van der Waals surface area (Å²) in [5, 5.41) is 2.69. The zero-order valence-corrected chi connectivity index (χ0v) is 14.0. The minimum absolute atomic E-state index is 0.0868. The van der Waals surface area contributed by atoms with E-state index in [-0.39, 0.29) is 11.9 Å². The zero-order chi connectivity index (χ0) is 17.1. The molecular weight excluding hydrogens is 284 g/mol. The SMILES string of the molecule is C#C.CC/C(=C\c1ccccc1)C1CC1.NC1CCNC(=O)C1. The van der Waals surface area contributed by atoms with Crippen molar-refractivity contribution >= 4 is 12.0 Å². The molecule has 3 rings (SSSR count). The number of amides is 1. The van der Waals surface area contributed by atoms with E-state index in [0.717, 1.165) is 18.9 Å². The third kappa shape index (κ3) is 7.67. The molecule has 1 unspecified atom stereocenters. The van der Waals surface area contributed by atoms with E-state index in [9.17, 15) is 4.79 Å². The van der Waals surface area contributed by atoms with Crippen LogP contribution in [0.25, 0.3) is 6.08 Å². The lowest BCUT2D eigenvalue weighted by molar-refractivity contribution is -0.122. The van der Waals surface area contributed by atoms with Crippen LogP contribution in [-0.4, -0.2) is 18.5 Å². The summed E-state index contributed by atoms with van der Waals surface area (Å²) >= 11 is 0. The molecule has 3 nitrogen and oxygen atoms in total. The first-order valence-electron chi connectivity index (χ1n) is 8.30. The largest absolute Gasteiger partial charge is 0.356 e. The van der Waals surface area contributed by atoms with Crippen molar-refractivity contribution in [2.24, 2.45) is 11.7 Å². The number of nitrogens with one attached hydrogen (secondary N) is 1. The standard InChI is InChI=1S/C13H16.C5H10N2O.C2H2/c1-2-12(13-8-9-13)10-11-6-4-3-5-7-11;6-4-1-2-7-5(8)3-4;1-2/h3-7,10,13H,2,8-9H2,1H3;4H,1-3,6H2,(H,7,8);1-2H/b12-10+;;. The number of hydrogen-bond donors (Lipinski definition) is 2. The molecule has 1 aliphatic carbocycles. The highest BCUT2D eigenvalue weighted by Gasteiger charge is 2.24. The highest BCUT2D eigenvalue weighted by molar-refractivity contribution is 5.77. The number of carbonyl (C=O) groups excluding carboxylic acids is 1. The van der Waals surface area contributed by atoms with Gasteiger partial charge in [-0.15, -0.1) is 12.8 Å². The average Bonchev–Trinajstić information content (AvgIpc) is 3.41. The lowest BCUT2D eigenvalue weighted by Gasteiger charge is -2.16. The minimum atomic E-state index is 0.0868. The van der Waals surface area contributed by atoms with E-state index in [2.05, 4.69) is 61.5 Å². The summed E-state index contributed by atoms with van der Waals surface area (Å²) in [4.78, 5) is 10.5. The summed E-state index contributed by atoms with van der Waals surface area (Å²) in [7, 11) is 0. The molecular formula is C20H28N2O. The maximum Gasteiger partial charge on any atom is 0.221 e. The minimum Gasteiger partial charge on any atom is -0.356 e. The molecule has 0 bridgehead atoms. The fourth-order valence-electron chi connectivity index (χ4n) is 2.54. The molecule has 2 fully saturated rings. The smallest absolute Gasteiger partial charge is 0.221 e. The number of piperidine rings is 1. The Morgan fingerprint density at radius 1 is 1.26 bits per heavy atom. The first-order valence-corrected chi connectivity index (χ1v) is 8.30. The summed E-state index contributed by atoms with van der Waals surface area (Å²) in [6, 6.07) is 10.7. The Labute approximate surface area is 140 Å². The quantitative estimate of drug-likeness (QED) is 0.841. The van der Waals surface area contributed by atoms with Crippen molar-refractivity contribution in [2.45, 2.75) is 45.1 Å². The highest BCUT2D eigenvalue weighted by Crippen LogP contribution is 2.38. The van der Waals surface area contributed by atoms with E-state index in [1.54, 1.807) is 5.57 Å². The molecule has 0 spiro atoms. The Morgan fingerprint density at radius 2 is 1.91 bits per heavy atom. The van der Waals surface area contributed by atoms with Crippen molar-refractivity contribution in [1.82, 2.24) is 5.32 Å². The van der Waals surface area contributed by atoms with Gasteiger partial charge in [0.05, 0.1) is 0 Å². The molecule has 1 aliphatic heterocycles. The molecule has 1 amide bonds. The van der Waals surface area contributed by atoms with Crippen LogP contribution in [0.2, 0.25) is 0 Å². The van der Waals surface area contributed by atoms with E-state index in [4.69, 9.17) is 5.73 Å². The van der Waals surface area contributed by atoms with Crippen molar-refractivity contribution < 1.29 is 4.79 Å². The Morgan fingerprint density at radius 3 is 2.35 bits per heavy atom. The van der Waals surface area contributed by atoms with Crippen molar-refractivity contribution in [3.63, 3.8) is 0 Å². The summed E-state index contributed by atoms with van der Waals surface area (Å²) in [5.74, 6) is 0.994. The molecule has 124 valence electrons. The normalized spacial score (nSPS) is 20.3. The summed E-state index contributed by atoms with van der Waals surface area (Å²) < 4.78 is 0. The van der Waals surface area contributed by atoms with Gasteiger partial charge >= 0.3 is 0 Å². The summed E-state index contributed by atoms with van der Waals surface area (Å²) in [6.07, 6.45) is 15.8. The van der Waals surface area contributed by atoms with Crippen LogP contribution in [0.1, 0.15) is 44.6 Å². The van der Waals surface area contributed by atoms with Crippen LogP contribution in [0.5, 0.6) is 0 Å². The molecule has 3 N–H and O–H groups in total. The average molecular weight is 312 g/mol. The number of benzene rings is 1. The van der Waals surface area contributed by atoms with Gasteiger partial charge in [0, 0.05) is 19.0 Å². The first kappa shape index (κ1) is 19.0. The number of hydrogen-bond acceptors (Lipinski definition) is 2. The van der Waals surface area contributed by atoms with Gasteiger partial charge in [-0.1, -0.05) is 48.9 Å². The van der Waals surface area contributed by atoms with Crippen LogP contribution in [-0.2, 0) is 4.79 Å². The van der Waals surface area contributed by atoms with Gasteiger partial charge in [-0.25, -0.2) is 0 Å². The van der Waals surface area contributed by atoms with Crippen LogP contribution in [0.4, 0.5) is 0 Å². The number of terminal acetylenes is 1. The van der Waals surface area contributed by atoms with Gasteiger partial charge in [0.25, 0.3) is 0 Å². The second-order valence-electron chi connectivity index (χ2n) is 5.86. The second-order valence-corrected chi connectivity index (χ2v) is 5.86. The lowest BCUT2D eigenvalue weighted by Crippen LogP contribution is -2.40. The van der Waals surface area contributed by atoms with Crippen molar-refractivity contribution in [1.29, 1.82) is 0 Å². The summed E-state index contributed by atoms with van der Waals surface area (Å²) in [5.41, 5.74) is 8.45. The first-order chi connectivity index (χ1) is 11.2. The summed E-state index contributed by atoms with van der Waals surface area (Å²) in [6.45, 7) is 3.01. The molecule has 1 atom stereocenters. The maximum absolute atomic E-state index is 10.5. The number of allylic oxidation sites excluding steroid dienone is 1. The number of carbonyl (C=O) groups is 1. The van der Waals surface area contributed by atoms with Gasteiger partial charge in [0.2, 0.25) is 5.91 Å². The van der Waals surface area contributed by atoms with E-state index in [1.165, 1.54) is 24.8 Å². The van der Waals surface area contributed by atoms with Crippen LogP contribution < -0.4 is 11.1 Å². The van der Waals surface area contributed by atoms with Gasteiger partial charge in [-0.05, 0) is 37.2 Å². The van der Waals surface area contributed by atoms with E-state index >= 15 is 0 Å². The Bertz CT molecular complexity index is 515. The van der Waals surface area contributed by atoms with E-state index < -0.39 is 0 Å². The molecule has 23 heavy (non-hydrogen) atoms. The second kappa shape index (κ2) is 10.6. The highest BCUT2D eigenvalue weighted by atomic mass is 16.1. The molecule has 1 aromatic rings. The van der Waals surface area contributed by atoms with E-state index in [1.807, 2.05) is 0 Å². The van der Waals surface area contributed by atoms with Gasteiger partial charge in [0.15, 0.2) is 0 Å². The van der Waals surface area contributed by atoms with Crippen molar-refractivity contribution in [2.75, 3.05) is 6.54 Å². The van der Waals surface area contributed by atoms with Crippen LogP contribution >= 0.6 is 0 Å². The van der Waals surface area contributed by atoms with Crippen LogP contribution in [0.3, 0.4) is 0 Å². The number of rotatable bonds is 3. The fraction of sp³-hybridized carbons (Fsp3) is 0.450. The van der Waals surface area contributed by atoms with Gasteiger partial charge in [0.1, 0.15) is 0 Å². The van der Waals surface area contributed by atoms with E-state index in [0.29, 0.717) is 6.42 Å².